The number of carbonyl (C=O) groups excluding carboxylic acids is 3. The molecule has 0 saturated carbocycles. The van der Waals surface area contributed by atoms with Crippen molar-refractivity contribution in [2.24, 2.45) is 0 Å². The van der Waals surface area contributed by atoms with Crippen LogP contribution >= 0.6 is 0 Å². The minimum Gasteiger partial charge on any atom is -0.388 e. The molecule has 0 bridgehead atoms. The Hall–Kier alpha value is -2.63. The van der Waals surface area contributed by atoms with E-state index in [4.69, 9.17) is 0 Å². The number of aliphatic hydroxyl groups excluding tert-OH is 1. The van der Waals surface area contributed by atoms with Crippen molar-refractivity contribution in [3.05, 3.63) is 58.7 Å². The van der Waals surface area contributed by atoms with E-state index in [2.05, 4.69) is 0 Å². The number of hydrogen-bond donors (Lipinski definition) is 2. The van der Waals surface area contributed by atoms with Gasteiger partial charge >= 0.3 is 0 Å². The Morgan fingerprint density at radius 2 is 1.64 bits per heavy atom. The van der Waals surface area contributed by atoms with Crippen LogP contribution in [0, 0.1) is 0 Å². The summed E-state index contributed by atoms with van der Waals surface area (Å²) in [6.45, 7) is 1.22. The van der Waals surface area contributed by atoms with Gasteiger partial charge in [0.1, 0.15) is 5.60 Å². The summed E-state index contributed by atoms with van der Waals surface area (Å²) in [6, 6.07) is 10.7. The zero-order valence-corrected chi connectivity index (χ0v) is 13.6. The Bertz CT molecular complexity index is 1000. The van der Waals surface area contributed by atoms with E-state index in [9.17, 15) is 24.6 Å². The van der Waals surface area contributed by atoms with Crippen LogP contribution in [0.3, 0.4) is 0 Å². The Labute approximate surface area is 143 Å². The highest BCUT2D eigenvalue weighted by Crippen LogP contribution is 2.41. The third-order valence-electron chi connectivity index (χ3n) is 5.21. The summed E-state index contributed by atoms with van der Waals surface area (Å²) in [5.74, 6) is -1.34. The molecule has 2 atom stereocenters. The maximum Gasteiger partial charge on any atom is 0.192 e. The second-order valence-electron chi connectivity index (χ2n) is 6.78. The fourth-order valence-electron chi connectivity index (χ4n) is 3.77. The van der Waals surface area contributed by atoms with E-state index in [-0.39, 0.29) is 35.1 Å². The molecular formula is C20H16O5. The summed E-state index contributed by atoms with van der Waals surface area (Å²) < 4.78 is 0. The van der Waals surface area contributed by atoms with Crippen LogP contribution in [0.5, 0.6) is 0 Å². The summed E-state index contributed by atoms with van der Waals surface area (Å²) in [7, 11) is 0. The number of aliphatic hydroxyl groups is 2. The lowest BCUT2D eigenvalue weighted by Crippen LogP contribution is -2.48. The van der Waals surface area contributed by atoms with Crippen molar-refractivity contribution in [3.63, 3.8) is 0 Å². The highest BCUT2D eigenvalue weighted by molar-refractivity contribution is 6.29. The standard InChI is InChI=1S/C20H16O5/c1-10(21)20(25)8-15-17(16(22)9-20)19(24)14-7-12-5-3-2-4-11(12)6-13(14)18(15)23/h2-7,16,22,25H,8-9H2,1H3/t16-,20+/m1/s1. The molecule has 126 valence electrons. The quantitative estimate of drug-likeness (QED) is 0.831. The fourth-order valence-corrected chi connectivity index (χ4v) is 3.77. The summed E-state index contributed by atoms with van der Waals surface area (Å²) in [6.07, 6.45) is -1.86. The Morgan fingerprint density at radius 3 is 2.20 bits per heavy atom. The number of carbonyl (C=O) groups is 3. The van der Waals surface area contributed by atoms with Gasteiger partial charge in [-0.2, -0.15) is 0 Å². The third-order valence-corrected chi connectivity index (χ3v) is 5.21. The molecule has 4 rings (SSSR count). The van der Waals surface area contributed by atoms with Crippen molar-refractivity contribution in [1.82, 2.24) is 0 Å². The van der Waals surface area contributed by atoms with Crippen LogP contribution in [0.2, 0.25) is 0 Å². The average Bonchev–Trinajstić information content (AvgIpc) is 2.57. The van der Waals surface area contributed by atoms with Gasteiger partial charge in [-0.05, 0) is 29.8 Å². The van der Waals surface area contributed by atoms with Crippen molar-refractivity contribution in [1.29, 1.82) is 0 Å². The summed E-state index contributed by atoms with van der Waals surface area (Å²) in [5, 5.41) is 22.5. The first kappa shape index (κ1) is 15.9. The monoisotopic (exact) mass is 336 g/mol. The number of hydrogen-bond acceptors (Lipinski definition) is 5. The predicted molar refractivity (Wildman–Crippen MR) is 90.5 cm³/mol. The molecule has 0 spiro atoms. The van der Waals surface area contributed by atoms with E-state index in [0.717, 1.165) is 10.8 Å². The second-order valence-corrected chi connectivity index (χ2v) is 6.78. The number of Topliss-reactive ketones (excluding diaryl/α,β-unsaturated/α-hetero) is 3. The lowest BCUT2D eigenvalue weighted by molar-refractivity contribution is -0.138. The first-order valence-electron chi connectivity index (χ1n) is 8.08. The largest absolute Gasteiger partial charge is 0.388 e. The third kappa shape index (κ3) is 2.20. The molecule has 0 saturated heterocycles. The molecule has 0 radical (unpaired) electrons. The van der Waals surface area contributed by atoms with Crippen LogP contribution in [0.15, 0.2) is 47.5 Å². The Morgan fingerprint density at radius 1 is 1.08 bits per heavy atom. The van der Waals surface area contributed by atoms with Crippen LogP contribution < -0.4 is 0 Å². The highest BCUT2D eigenvalue weighted by Gasteiger charge is 2.48. The molecule has 0 amide bonds. The fraction of sp³-hybridized carbons (Fsp3) is 0.250. The SMILES string of the molecule is CC(=O)[C@]1(O)CC2=C(C(=O)c3cc4ccccc4cc3C2=O)[C@H](O)C1. The van der Waals surface area contributed by atoms with Crippen LogP contribution in [-0.4, -0.2) is 39.3 Å². The summed E-state index contributed by atoms with van der Waals surface area (Å²) >= 11 is 0. The van der Waals surface area contributed by atoms with Crippen LogP contribution in [-0.2, 0) is 4.79 Å². The summed E-state index contributed by atoms with van der Waals surface area (Å²) in [4.78, 5) is 37.6. The molecule has 2 aliphatic rings. The van der Waals surface area contributed by atoms with Gasteiger partial charge in [0.2, 0.25) is 0 Å². The molecule has 0 heterocycles. The van der Waals surface area contributed by atoms with Crippen LogP contribution in [0.1, 0.15) is 40.5 Å². The van der Waals surface area contributed by atoms with Crippen LogP contribution in [0.25, 0.3) is 10.8 Å². The minimum absolute atomic E-state index is 0.0127. The zero-order chi connectivity index (χ0) is 17.9. The normalized spacial score (nSPS) is 25.8. The Balaban J connectivity index is 1.93. The number of fused-ring (bicyclic) bond motifs is 2. The molecule has 2 N–H and O–H groups in total. The lowest BCUT2D eigenvalue weighted by Gasteiger charge is -2.37. The van der Waals surface area contributed by atoms with Crippen molar-refractivity contribution < 1.29 is 24.6 Å². The lowest BCUT2D eigenvalue weighted by atomic mass is 9.69. The van der Waals surface area contributed by atoms with Crippen molar-refractivity contribution >= 4 is 28.1 Å². The maximum absolute atomic E-state index is 13.0. The van der Waals surface area contributed by atoms with E-state index >= 15 is 0 Å². The van der Waals surface area contributed by atoms with E-state index < -0.39 is 29.1 Å². The highest BCUT2D eigenvalue weighted by atomic mass is 16.3. The van der Waals surface area contributed by atoms with Gasteiger partial charge < -0.3 is 10.2 Å². The molecule has 0 aromatic heterocycles. The molecule has 5 nitrogen and oxygen atoms in total. The maximum atomic E-state index is 13.0. The number of benzene rings is 2. The molecule has 5 heteroatoms. The van der Waals surface area contributed by atoms with E-state index in [1.807, 2.05) is 24.3 Å². The predicted octanol–water partition coefficient (Wildman–Crippen LogP) is 1.99. The molecule has 0 fully saturated rings. The number of rotatable bonds is 1. The molecular weight excluding hydrogens is 320 g/mol. The van der Waals surface area contributed by atoms with Gasteiger partial charge in [0, 0.05) is 35.1 Å². The first-order valence-corrected chi connectivity index (χ1v) is 8.08. The smallest absolute Gasteiger partial charge is 0.192 e. The van der Waals surface area contributed by atoms with E-state index in [1.165, 1.54) is 6.92 Å². The average molecular weight is 336 g/mol. The second kappa shape index (κ2) is 5.18. The molecule has 2 aromatic rings. The van der Waals surface area contributed by atoms with Gasteiger partial charge in [0.15, 0.2) is 17.3 Å². The van der Waals surface area contributed by atoms with E-state index in [1.54, 1.807) is 12.1 Å². The van der Waals surface area contributed by atoms with Crippen molar-refractivity contribution in [2.45, 2.75) is 31.5 Å². The van der Waals surface area contributed by atoms with Gasteiger partial charge in [-0.1, -0.05) is 24.3 Å². The van der Waals surface area contributed by atoms with Gasteiger partial charge in [-0.15, -0.1) is 0 Å². The molecule has 2 aliphatic carbocycles. The topological polar surface area (TPSA) is 91.7 Å². The zero-order valence-electron chi connectivity index (χ0n) is 13.6. The van der Waals surface area contributed by atoms with Crippen molar-refractivity contribution in [3.8, 4) is 0 Å². The minimum atomic E-state index is -1.82. The van der Waals surface area contributed by atoms with Gasteiger partial charge in [0.25, 0.3) is 0 Å². The molecule has 25 heavy (non-hydrogen) atoms. The summed E-state index contributed by atoms with van der Waals surface area (Å²) in [5.41, 5.74) is -1.25. The van der Waals surface area contributed by atoms with E-state index in [0.29, 0.717) is 0 Å². The molecule has 0 unspecified atom stereocenters. The first-order chi connectivity index (χ1) is 11.8. The molecule has 2 aromatic carbocycles. The Kier molecular flexibility index (Phi) is 3.29. The van der Waals surface area contributed by atoms with Gasteiger partial charge in [-0.25, -0.2) is 0 Å². The number of ketones is 3. The van der Waals surface area contributed by atoms with Crippen molar-refractivity contribution in [2.75, 3.05) is 0 Å². The van der Waals surface area contributed by atoms with Crippen LogP contribution in [0.4, 0.5) is 0 Å². The van der Waals surface area contributed by atoms with Gasteiger partial charge in [0.05, 0.1) is 6.10 Å². The van der Waals surface area contributed by atoms with Gasteiger partial charge in [-0.3, -0.25) is 14.4 Å². The molecule has 0 aliphatic heterocycles.